The van der Waals surface area contributed by atoms with Gasteiger partial charge < -0.3 is 16.0 Å². The standard InChI is InChI=1S/C17H14F2N4O/c18-10-6-7-12(14(19)8-10)15-22-16(13(9-20)17(24)23-15)21-11-4-2-1-3-5-11/h1-9,13,15,20H,(H,21,22)(H,23,24). The second-order valence-electron chi connectivity index (χ2n) is 5.23. The first-order valence-electron chi connectivity index (χ1n) is 7.24. The first-order chi connectivity index (χ1) is 11.6. The smallest absolute Gasteiger partial charge is 0.238 e. The van der Waals surface area contributed by atoms with Gasteiger partial charge in [0.1, 0.15) is 23.4 Å². The molecule has 1 aliphatic heterocycles. The zero-order valence-corrected chi connectivity index (χ0v) is 12.5. The molecule has 1 heterocycles. The number of benzene rings is 2. The number of hydrogen-bond donors (Lipinski definition) is 3. The molecule has 24 heavy (non-hydrogen) atoms. The number of nitrogens with zero attached hydrogens (tertiary/aromatic N) is 1. The summed E-state index contributed by atoms with van der Waals surface area (Å²) in [6.07, 6.45) is -0.0260. The summed E-state index contributed by atoms with van der Waals surface area (Å²) in [6, 6.07) is 12.1. The van der Waals surface area contributed by atoms with Crippen LogP contribution in [-0.4, -0.2) is 18.0 Å². The van der Waals surface area contributed by atoms with E-state index in [0.29, 0.717) is 5.69 Å². The lowest BCUT2D eigenvalue weighted by Crippen LogP contribution is -2.45. The molecule has 5 nitrogen and oxygen atoms in total. The zero-order chi connectivity index (χ0) is 17.1. The summed E-state index contributed by atoms with van der Waals surface area (Å²) in [7, 11) is 0. The van der Waals surface area contributed by atoms with Gasteiger partial charge in [-0.1, -0.05) is 18.2 Å². The van der Waals surface area contributed by atoms with E-state index in [2.05, 4.69) is 15.6 Å². The molecule has 122 valence electrons. The summed E-state index contributed by atoms with van der Waals surface area (Å²) in [4.78, 5) is 16.5. The van der Waals surface area contributed by atoms with Gasteiger partial charge in [-0.2, -0.15) is 0 Å². The lowest BCUT2D eigenvalue weighted by atomic mass is 10.0. The monoisotopic (exact) mass is 328 g/mol. The molecule has 1 amide bonds. The third-order valence-electron chi connectivity index (χ3n) is 3.59. The van der Waals surface area contributed by atoms with Crippen LogP contribution in [0.25, 0.3) is 0 Å². The number of amidine groups is 1. The number of carbonyl (C=O) groups excluding carboxylic acids is 1. The van der Waals surface area contributed by atoms with Gasteiger partial charge in [0, 0.05) is 23.5 Å². The molecule has 0 radical (unpaired) electrons. The average Bonchev–Trinajstić information content (AvgIpc) is 2.55. The predicted octanol–water partition coefficient (Wildman–Crippen LogP) is 2.87. The number of hydrogen-bond acceptors (Lipinski definition) is 4. The number of rotatable bonds is 3. The molecule has 0 aromatic heterocycles. The Balaban J connectivity index is 1.97. The Bertz CT molecular complexity index is 807. The summed E-state index contributed by atoms with van der Waals surface area (Å²) < 4.78 is 27.0. The van der Waals surface area contributed by atoms with Crippen molar-refractivity contribution in [3.05, 3.63) is 65.7 Å². The van der Waals surface area contributed by atoms with E-state index in [9.17, 15) is 13.6 Å². The first-order valence-corrected chi connectivity index (χ1v) is 7.24. The molecule has 2 aromatic rings. The molecule has 0 aliphatic carbocycles. The van der Waals surface area contributed by atoms with Crippen molar-refractivity contribution < 1.29 is 13.6 Å². The quantitative estimate of drug-likeness (QED) is 0.758. The second kappa shape index (κ2) is 6.57. The molecular formula is C17H14F2N4O. The highest BCUT2D eigenvalue weighted by Crippen LogP contribution is 2.24. The maximum absolute atomic E-state index is 14.0. The van der Waals surface area contributed by atoms with Crippen LogP contribution in [0, 0.1) is 23.0 Å². The van der Waals surface area contributed by atoms with Gasteiger partial charge in [-0.15, -0.1) is 0 Å². The third kappa shape index (κ3) is 3.15. The van der Waals surface area contributed by atoms with Crippen LogP contribution in [0.15, 0.2) is 53.5 Å². The Morgan fingerprint density at radius 2 is 1.92 bits per heavy atom. The SMILES string of the molecule is N=CC1C(=O)NC(c2ccc(F)cc2F)N=C1Nc1ccccc1. The van der Waals surface area contributed by atoms with Gasteiger partial charge in [0.25, 0.3) is 0 Å². The fourth-order valence-electron chi connectivity index (χ4n) is 2.40. The second-order valence-corrected chi connectivity index (χ2v) is 5.23. The lowest BCUT2D eigenvalue weighted by molar-refractivity contribution is -0.122. The Labute approximate surface area is 136 Å². The summed E-state index contributed by atoms with van der Waals surface area (Å²) in [5.41, 5.74) is 0.747. The first kappa shape index (κ1) is 15.8. The van der Waals surface area contributed by atoms with E-state index in [0.717, 1.165) is 18.3 Å². The molecule has 7 heteroatoms. The molecule has 3 rings (SSSR count). The van der Waals surface area contributed by atoms with Gasteiger partial charge >= 0.3 is 0 Å². The van der Waals surface area contributed by atoms with Crippen LogP contribution < -0.4 is 10.6 Å². The molecule has 3 N–H and O–H groups in total. The van der Waals surface area contributed by atoms with E-state index in [1.807, 2.05) is 18.2 Å². The summed E-state index contributed by atoms with van der Waals surface area (Å²) in [6.45, 7) is 0. The van der Waals surface area contributed by atoms with Crippen molar-refractivity contribution in [3.63, 3.8) is 0 Å². The minimum absolute atomic E-state index is 0.0561. The molecule has 2 aromatic carbocycles. The molecule has 0 saturated carbocycles. The summed E-state index contributed by atoms with van der Waals surface area (Å²) in [5, 5.41) is 12.9. The third-order valence-corrected chi connectivity index (χ3v) is 3.59. The van der Waals surface area contributed by atoms with Crippen molar-refractivity contribution in [3.8, 4) is 0 Å². The highest BCUT2D eigenvalue weighted by Gasteiger charge is 2.32. The fourth-order valence-corrected chi connectivity index (χ4v) is 2.40. The topological polar surface area (TPSA) is 77.3 Å². The van der Waals surface area contributed by atoms with Crippen molar-refractivity contribution in [2.24, 2.45) is 10.9 Å². The van der Waals surface area contributed by atoms with Crippen LogP contribution in [0.3, 0.4) is 0 Å². The minimum Gasteiger partial charge on any atom is -0.343 e. The number of halogens is 2. The van der Waals surface area contributed by atoms with Gasteiger partial charge in [-0.25, -0.2) is 13.8 Å². The van der Waals surface area contributed by atoms with Crippen molar-refractivity contribution in [2.45, 2.75) is 6.17 Å². The maximum Gasteiger partial charge on any atom is 0.238 e. The lowest BCUT2D eigenvalue weighted by Gasteiger charge is -2.27. The van der Waals surface area contributed by atoms with Crippen molar-refractivity contribution >= 4 is 23.6 Å². The van der Waals surface area contributed by atoms with Crippen LogP contribution in [-0.2, 0) is 4.79 Å². The number of amides is 1. The average molecular weight is 328 g/mol. The predicted molar refractivity (Wildman–Crippen MR) is 87.0 cm³/mol. The van der Waals surface area contributed by atoms with Crippen LogP contribution in [0.2, 0.25) is 0 Å². The normalized spacial score (nSPS) is 20.1. The Kier molecular flexibility index (Phi) is 4.33. The Hall–Kier alpha value is -3.09. The zero-order valence-electron chi connectivity index (χ0n) is 12.5. The summed E-state index contributed by atoms with van der Waals surface area (Å²) >= 11 is 0. The molecule has 0 spiro atoms. The largest absolute Gasteiger partial charge is 0.343 e. The Morgan fingerprint density at radius 1 is 1.17 bits per heavy atom. The van der Waals surface area contributed by atoms with Gasteiger partial charge in [-0.05, 0) is 24.3 Å². The highest BCUT2D eigenvalue weighted by molar-refractivity contribution is 6.20. The van der Waals surface area contributed by atoms with Crippen molar-refractivity contribution in [1.82, 2.24) is 5.32 Å². The van der Waals surface area contributed by atoms with Crippen LogP contribution in [0.5, 0.6) is 0 Å². The molecule has 1 aliphatic rings. The number of nitrogens with one attached hydrogen (secondary N) is 3. The number of aliphatic imine (C=N–C) groups is 1. The van der Waals surface area contributed by atoms with E-state index in [4.69, 9.17) is 5.41 Å². The Morgan fingerprint density at radius 3 is 2.58 bits per heavy atom. The fraction of sp³-hybridized carbons (Fsp3) is 0.118. The van der Waals surface area contributed by atoms with Crippen molar-refractivity contribution in [1.29, 1.82) is 5.41 Å². The molecule has 0 bridgehead atoms. The van der Waals surface area contributed by atoms with E-state index >= 15 is 0 Å². The van der Waals surface area contributed by atoms with Gasteiger partial charge in [0.05, 0.1) is 0 Å². The molecule has 2 unspecified atom stereocenters. The molecule has 0 fully saturated rings. The number of para-hydroxylation sites is 1. The van der Waals surface area contributed by atoms with E-state index in [1.54, 1.807) is 12.1 Å². The van der Waals surface area contributed by atoms with Gasteiger partial charge in [-0.3, -0.25) is 4.79 Å². The van der Waals surface area contributed by atoms with Crippen LogP contribution in [0.4, 0.5) is 14.5 Å². The summed E-state index contributed by atoms with van der Waals surface area (Å²) in [5.74, 6) is -2.65. The number of carbonyl (C=O) groups is 1. The molecule has 0 saturated heterocycles. The van der Waals surface area contributed by atoms with E-state index in [-0.39, 0.29) is 11.4 Å². The molecule has 2 atom stereocenters. The van der Waals surface area contributed by atoms with E-state index < -0.39 is 29.6 Å². The molecular weight excluding hydrogens is 314 g/mol. The van der Waals surface area contributed by atoms with Crippen LogP contribution >= 0.6 is 0 Å². The van der Waals surface area contributed by atoms with Crippen LogP contribution in [0.1, 0.15) is 11.7 Å². The van der Waals surface area contributed by atoms with Gasteiger partial charge in [0.15, 0.2) is 6.17 Å². The maximum atomic E-state index is 14.0. The van der Waals surface area contributed by atoms with Crippen molar-refractivity contribution in [2.75, 3.05) is 5.32 Å². The number of anilines is 1. The van der Waals surface area contributed by atoms with Gasteiger partial charge in [0.2, 0.25) is 5.91 Å². The highest BCUT2D eigenvalue weighted by atomic mass is 19.1. The minimum atomic E-state index is -0.986. The van der Waals surface area contributed by atoms with E-state index in [1.165, 1.54) is 6.07 Å².